The lowest BCUT2D eigenvalue weighted by atomic mass is 9.80. The van der Waals surface area contributed by atoms with Gasteiger partial charge in [0.25, 0.3) is 0 Å². The molecule has 0 saturated heterocycles. The molecule has 0 unspecified atom stereocenters. The average Bonchev–Trinajstić information content (AvgIpc) is 1.10. The van der Waals surface area contributed by atoms with Gasteiger partial charge in [0.15, 0.2) is 23.7 Å². The number of esters is 1. The lowest BCUT2D eigenvalue weighted by molar-refractivity contribution is -0.152. The molecule has 0 atom stereocenters. The molecule has 12 nitrogen and oxygen atoms in total. The smallest absolute Gasteiger partial charge is 0.311 e. The van der Waals surface area contributed by atoms with Crippen LogP contribution in [-0.2, 0) is 54.4 Å². The highest BCUT2D eigenvalue weighted by atomic mass is 16.5. The van der Waals surface area contributed by atoms with Crippen molar-refractivity contribution < 1.29 is 47.5 Å². The molecule has 0 aliphatic heterocycles. The van der Waals surface area contributed by atoms with E-state index < -0.39 is 5.41 Å². The fourth-order valence-corrected chi connectivity index (χ4v) is 11.6. The molecule has 9 rings (SSSR count). The molecule has 9 aromatic rings. The molecule has 764 valence electrons. The first kappa shape index (κ1) is 141. The number of aromatic nitrogens is 2. The molecule has 0 bridgehead atoms. The van der Waals surface area contributed by atoms with Gasteiger partial charge in [0, 0.05) is 87.7 Å². The van der Waals surface area contributed by atoms with Crippen molar-refractivity contribution in [2.45, 2.75) is 376 Å². The van der Waals surface area contributed by atoms with E-state index in [2.05, 4.69) is 162 Å². The van der Waals surface area contributed by atoms with E-state index >= 15 is 0 Å². The Morgan fingerprint density at radius 3 is 0.904 bits per heavy atom. The number of Topliss-reactive ketones (excluding diaryl/α,β-unsaturated/α-hetero) is 7. The SMILES string of the molecule is C.C.C.C.C.C.C.CC(C)(C)C(=O)CC(c1ccccc1)c1ccccc1.CC(C)(C)C(=O)CCCc1ccccc1.CC(C)(C)C(=O)OCCc1ccccc1.CC(C)(C)C(=O)c1ccccc1.CC(C)(C)C(=O)c1ccccn1.CC(C)(C)C(=O)c1cocn1.CC(C)(C)CCCc1ccccc1.CC(C)(C)Cc1ccccc1.CCCCC(=O)C(C)(C)C.CCCCC(=O)C(C)(C)C. The summed E-state index contributed by atoms with van der Waals surface area (Å²) in [5, 5.41) is 0. The summed E-state index contributed by atoms with van der Waals surface area (Å²) < 4.78 is 9.87. The van der Waals surface area contributed by atoms with Gasteiger partial charge < -0.3 is 9.15 Å². The lowest BCUT2D eigenvalue weighted by Gasteiger charge is -2.23. The molecule has 0 fully saturated rings. The maximum atomic E-state index is 12.4. The van der Waals surface area contributed by atoms with Crippen LogP contribution in [0, 0.1) is 54.1 Å². The molecule has 7 aromatic carbocycles. The van der Waals surface area contributed by atoms with Crippen LogP contribution in [0.25, 0.3) is 0 Å². The van der Waals surface area contributed by atoms with Crippen LogP contribution in [-0.4, -0.2) is 63.0 Å². The number of aryl methyl sites for hydroxylation is 2. The minimum Gasteiger partial charge on any atom is -0.465 e. The van der Waals surface area contributed by atoms with Gasteiger partial charge in [-0.25, -0.2) is 4.98 Å². The number of nitrogens with zero attached hydrogens (tertiary/aromatic N) is 2. The van der Waals surface area contributed by atoms with E-state index in [0.717, 1.165) is 69.8 Å². The highest BCUT2D eigenvalue weighted by molar-refractivity contribution is 6.00. The van der Waals surface area contributed by atoms with Crippen molar-refractivity contribution in [3.8, 4) is 0 Å². The van der Waals surface area contributed by atoms with Crippen LogP contribution < -0.4 is 0 Å². The molecule has 0 spiro atoms. The van der Waals surface area contributed by atoms with Crippen molar-refractivity contribution in [1.29, 1.82) is 0 Å². The van der Waals surface area contributed by atoms with Gasteiger partial charge in [-0.1, -0.05) is 484 Å². The standard InChI is InChI=1S/C19H22O.C14H20O.C13H18O2.C13H20.C11H14O.C11H16.C10H13NO.2C9H18O.C8H11NO2.7CH4/c1-19(2,3)18(20)14-17(15-10-6-4-7-11-15)16-12-8-5-9-13-16;1-14(2,3)13(15)11-7-10-12-8-5-4-6-9-12;1-13(2,3)12(14)15-10-9-11-7-5-4-6-8-11;1-13(2,3)11-7-10-12-8-5-4-6-9-12;1-11(2,3)10(12)9-7-5-4-6-8-9;1-11(2,3)9-10-7-5-4-6-8-10;1-10(2,3)9(12)8-6-4-5-7-11-8;2*1-5-6-7-8(10)9(2,3)4;1-8(2,3)7(10)6-4-11-5-9-6;;;;;;;/h4-13,17H,14H2,1-3H3;4-6,8-9H,7,10-11H2,1-3H3;4-8H,9-10H2,1-3H3;4-6,8-9H,7,10-11H2,1-3H3;4-8H,1-3H3;4-8H,9H2,1-3H3;4-7H,1-3H3;2*5-7H2,1-4H3;4-5H,1-3H3;7*1H4. The Bertz CT molecular complexity index is 4310. The summed E-state index contributed by atoms with van der Waals surface area (Å²) in [7, 11) is 0. The Morgan fingerprint density at radius 1 is 0.301 bits per heavy atom. The predicted molar refractivity (Wildman–Crippen MR) is 590 cm³/mol. The molecule has 0 saturated carbocycles. The molecule has 2 aromatic heterocycles. The second kappa shape index (κ2) is 70.6. The molecule has 136 heavy (non-hydrogen) atoms. The first-order valence-electron chi connectivity index (χ1n) is 46.7. The third-order valence-corrected chi connectivity index (χ3v) is 19.9. The number of carbonyl (C=O) groups is 8. The highest BCUT2D eigenvalue weighted by Crippen LogP contribution is 2.33. The zero-order valence-corrected chi connectivity index (χ0v) is 86.0. The van der Waals surface area contributed by atoms with Gasteiger partial charge in [0.2, 0.25) is 0 Å². The maximum Gasteiger partial charge on any atom is 0.311 e. The average molecular weight is 1880 g/mol. The van der Waals surface area contributed by atoms with Crippen molar-refractivity contribution in [1.82, 2.24) is 9.97 Å². The largest absolute Gasteiger partial charge is 0.465 e. The Kier molecular flexibility index (Phi) is 73.5. The molecule has 0 aliphatic carbocycles. The van der Waals surface area contributed by atoms with E-state index in [4.69, 9.17) is 9.15 Å². The van der Waals surface area contributed by atoms with Crippen molar-refractivity contribution in [2.24, 2.45) is 54.1 Å². The summed E-state index contributed by atoms with van der Waals surface area (Å²) in [4.78, 5) is 100. The van der Waals surface area contributed by atoms with E-state index in [0.29, 0.717) is 64.8 Å². The van der Waals surface area contributed by atoms with Crippen LogP contribution in [0.3, 0.4) is 0 Å². The number of rotatable bonds is 24. The number of carbonyl (C=O) groups excluding carboxylic acids is 8. The van der Waals surface area contributed by atoms with Crippen molar-refractivity contribution >= 4 is 46.5 Å². The maximum absolute atomic E-state index is 12.4. The third kappa shape index (κ3) is 69.0. The van der Waals surface area contributed by atoms with Gasteiger partial charge in [0.1, 0.15) is 40.8 Å². The molecule has 0 radical (unpaired) electrons. The molecular formula is C124H198N2O10. The highest BCUT2D eigenvalue weighted by Gasteiger charge is 2.30. The number of unbranched alkanes of at least 4 members (excludes halogenated alkanes) is 2. The normalized spacial score (nSPS) is 10.9. The van der Waals surface area contributed by atoms with Crippen LogP contribution in [0.1, 0.15) is 415 Å². The van der Waals surface area contributed by atoms with Gasteiger partial charge in [0.05, 0.1) is 12.0 Å². The Labute approximate surface area is 835 Å². The number of ether oxygens (including phenoxy) is 1. The number of hydrogen-bond acceptors (Lipinski definition) is 12. The van der Waals surface area contributed by atoms with Crippen LogP contribution in [0.5, 0.6) is 0 Å². The monoisotopic (exact) mass is 1880 g/mol. The van der Waals surface area contributed by atoms with Gasteiger partial charge in [-0.2, -0.15) is 0 Å². The third-order valence-electron chi connectivity index (χ3n) is 19.9. The summed E-state index contributed by atoms with van der Waals surface area (Å²) in [5.41, 5.74) is 8.31. The minimum absolute atomic E-state index is 0. The molecule has 2 heterocycles. The number of hydrogen-bond donors (Lipinski definition) is 0. The second-order valence-electron chi connectivity index (χ2n) is 43.8. The van der Waals surface area contributed by atoms with E-state index in [-0.39, 0.29) is 119 Å². The molecule has 0 N–H and O–H groups in total. The van der Waals surface area contributed by atoms with Crippen molar-refractivity contribution in [3.63, 3.8) is 0 Å². The van der Waals surface area contributed by atoms with Crippen LogP contribution in [0.15, 0.2) is 254 Å². The molecule has 0 aliphatic rings. The van der Waals surface area contributed by atoms with Crippen molar-refractivity contribution in [3.05, 3.63) is 300 Å². The Balaban J connectivity index is -0.000000223. The fourth-order valence-electron chi connectivity index (χ4n) is 11.6. The lowest BCUT2D eigenvalue weighted by Crippen LogP contribution is -2.23. The quantitative estimate of drug-likeness (QED) is 0.0412. The Morgan fingerprint density at radius 2 is 0.610 bits per heavy atom. The number of ketones is 7. The van der Waals surface area contributed by atoms with E-state index in [1.807, 2.05) is 287 Å². The molecule has 12 heteroatoms. The summed E-state index contributed by atoms with van der Waals surface area (Å²) in [5.74, 6) is 1.72. The first-order chi connectivity index (χ1) is 59.6. The van der Waals surface area contributed by atoms with Crippen LogP contribution >= 0.6 is 0 Å². The number of oxazole rings is 1. The summed E-state index contributed by atoms with van der Waals surface area (Å²) >= 11 is 0. The summed E-state index contributed by atoms with van der Waals surface area (Å²) in [6, 6.07) is 77.1. The van der Waals surface area contributed by atoms with Gasteiger partial charge >= 0.3 is 5.97 Å². The molecule has 0 amide bonds. The van der Waals surface area contributed by atoms with Gasteiger partial charge in [-0.3, -0.25) is 43.3 Å². The zero-order chi connectivity index (χ0) is 98.5. The summed E-state index contributed by atoms with van der Waals surface area (Å²) in [6.45, 7) is 64.8. The Hall–Kier alpha value is -9.94. The fraction of sp³-hybridized carbons (Fsp3) is 0.532. The minimum atomic E-state index is -0.406. The predicted octanol–water partition coefficient (Wildman–Crippen LogP) is 35.8. The second-order valence-corrected chi connectivity index (χ2v) is 43.8. The topological polar surface area (TPSA) is 185 Å². The van der Waals surface area contributed by atoms with Gasteiger partial charge in [-0.15, -0.1) is 0 Å². The zero-order valence-electron chi connectivity index (χ0n) is 86.0. The van der Waals surface area contributed by atoms with E-state index in [1.54, 1.807) is 18.3 Å². The van der Waals surface area contributed by atoms with Crippen LogP contribution in [0.4, 0.5) is 0 Å². The van der Waals surface area contributed by atoms with Gasteiger partial charge in [-0.05, 0) is 128 Å². The first-order valence-corrected chi connectivity index (χ1v) is 46.7. The molecular weight excluding hydrogens is 1680 g/mol. The van der Waals surface area contributed by atoms with Crippen molar-refractivity contribution in [2.75, 3.05) is 6.61 Å². The van der Waals surface area contributed by atoms with E-state index in [1.165, 1.54) is 65.3 Å². The van der Waals surface area contributed by atoms with Crippen LogP contribution in [0.2, 0.25) is 0 Å². The van der Waals surface area contributed by atoms with E-state index in [9.17, 15) is 38.4 Å². The summed E-state index contributed by atoms with van der Waals surface area (Å²) in [6.07, 6.45) is 19.0. The number of pyridine rings is 1. The number of benzene rings is 7.